The van der Waals surface area contributed by atoms with Crippen LogP contribution >= 0.6 is 0 Å². The van der Waals surface area contributed by atoms with Crippen LogP contribution in [0.1, 0.15) is 44.2 Å². The normalized spacial score (nSPS) is 19.6. The SMILES string of the molecule is CC(Cn1cnnn1)Oc1cc(-c2cnc(Nc3cn(C4CCC(N5CCOCC5)CC4)nc3OCC(F)(F)F)nc2)ccc1C#N. The van der Waals surface area contributed by atoms with Crippen LogP contribution in [0.3, 0.4) is 0 Å². The van der Waals surface area contributed by atoms with E-state index in [4.69, 9.17) is 14.2 Å². The lowest BCUT2D eigenvalue weighted by atomic mass is 9.90. The molecule has 3 aromatic heterocycles. The molecule has 14 nitrogen and oxygen atoms in total. The van der Waals surface area contributed by atoms with Crippen molar-refractivity contribution in [1.82, 2.24) is 44.9 Å². The fourth-order valence-electron chi connectivity index (χ4n) is 5.87. The van der Waals surface area contributed by atoms with Gasteiger partial charge in [0, 0.05) is 37.1 Å². The van der Waals surface area contributed by atoms with Crippen LogP contribution in [0.2, 0.25) is 0 Å². The molecule has 2 fully saturated rings. The summed E-state index contributed by atoms with van der Waals surface area (Å²) in [4.78, 5) is 11.2. The molecule has 248 valence electrons. The number of benzene rings is 1. The summed E-state index contributed by atoms with van der Waals surface area (Å²) < 4.78 is 59.0. The Morgan fingerprint density at radius 3 is 2.51 bits per heavy atom. The van der Waals surface area contributed by atoms with E-state index in [9.17, 15) is 18.4 Å². The Kier molecular flexibility index (Phi) is 9.78. The number of hydrogen-bond donors (Lipinski definition) is 1. The molecule has 1 aromatic carbocycles. The van der Waals surface area contributed by atoms with Gasteiger partial charge in [0.05, 0.1) is 37.6 Å². The third kappa shape index (κ3) is 8.32. The van der Waals surface area contributed by atoms with Gasteiger partial charge < -0.3 is 19.5 Å². The van der Waals surface area contributed by atoms with Crippen molar-refractivity contribution in [2.75, 3.05) is 38.2 Å². The van der Waals surface area contributed by atoms with E-state index >= 15 is 0 Å². The zero-order valence-electron chi connectivity index (χ0n) is 25.7. The minimum absolute atomic E-state index is 0.0303. The van der Waals surface area contributed by atoms with Crippen molar-refractivity contribution in [3.05, 3.63) is 48.7 Å². The standard InChI is InChI=1S/C30H34F3N11O3/c1-20(16-43-19-37-40-41-43)47-27-12-21(2-3-22(27)13-34)23-14-35-29(36-15-23)38-26-17-44(39-28(26)46-18-30(31,32)33)25-6-4-24(5-7-25)42-8-10-45-11-9-42/h2-3,12,14-15,17,19-20,24-25H,4-11,16,18H2,1H3,(H,35,36,38). The molecule has 4 heterocycles. The minimum atomic E-state index is -4.52. The highest BCUT2D eigenvalue weighted by molar-refractivity contribution is 5.67. The predicted octanol–water partition coefficient (Wildman–Crippen LogP) is 4.17. The third-order valence-corrected chi connectivity index (χ3v) is 8.17. The van der Waals surface area contributed by atoms with Crippen LogP contribution in [0, 0.1) is 11.3 Å². The molecule has 2 aliphatic rings. The molecule has 1 unspecified atom stereocenters. The van der Waals surface area contributed by atoms with Crippen LogP contribution in [0.25, 0.3) is 11.1 Å². The molecule has 4 aromatic rings. The molecule has 0 radical (unpaired) electrons. The number of aromatic nitrogens is 8. The van der Waals surface area contributed by atoms with Crippen LogP contribution in [-0.4, -0.2) is 96.1 Å². The maximum absolute atomic E-state index is 13.1. The maximum atomic E-state index is 13.1. The van der Waals surface area contributed by atoms with Crippen molar-refractivity contribution in [3.8, 4) is 28.8 Å². The zero-order valence-corrected chi connectivity index (χ0v) is 25.7. The van der Waals surface area contributed by atoms with E-state index in [1.165, 1.54) is 11.0 Å². The van der Waals surface area contributed by atoms with Gasteiger partial charge in [-0.1, -0.05) is 6.07 Å². The molecule has 1 aliphatic carbocycles. The molecular weight excluding hydrogens is 619 g/mol. The van der Waals surface area contributed by atoms with Crippen molar-refractivity contribution in [2.45, 2.75) is 63.5 Å². The van der Waals surface area contributed by atoms with Gasteiger partial charge in [-0.25, -0.2) is 14.6 Å². The lowest BCUT2D eigenvalue weighted by Crippen LogP contribution is -2.45. The van der Waals surface area contributed by atoms with E-state index in [0.29, 0.717) is 35.0 Å². The molecule has 1 N–H and O–H groups in total. The van der Waals surface area contributed by atoms with E-state index < -0.39 is 12.8 Å². The van der Waals surface area contributed by atoms with Gasteiger partial charge in [0.2, 0.25) is 5.95 Å². The van der Waals surface area contributed by atoms with Gasteiger partial charge in [-0.05, 0) is 60.7 Å². The highest BCUT2D eigenvalue weighted by Gasteiger charge is 2.32. The summed E-state index contributed by atoms with van der Waals surface area (Å²) in [6, 6.07) is 7.75. The molecule has 47 heavy (non-hydrogen) atoms. The third-order valence-electron chi connectivity index (χ3n) is 8.17. The first-order valence-corrected chi connectivity index (χ1v) is 15.4. The first kappa shape index (κ1) is 32.1. The lowest BCUT2D eigenvalue weighted by molar-refractivity contribution is -0.154. The summed E-state index contributed by atoms with van der Waals surface area (Å²) in [5.41, 5.74) is 1.94. The molecule has 0 amide bonds. The van der Waals surface area contributed by atoms with Crippen LogP contribution in [0.5, 0.6) is 11.6 Å². The average Bonchev–Trinajstić information content (AvgIpc) is 3.74. The second kappa shape index (κ2) is 14.3. The van der Waals surface area contributed by atoms with Gasteiger partial charge in [0.25, 0.3) is 5.88 Å². The highest BCUT2D eigenvalue weighted by atomic mass is 19.4. The number of halogens is 3. The fraction of sp³-hybridized carbons (Fsp3) is 0.500. The number of rotatable bonds is 11. The first-order chi connectivity index (χ1) is 22.7. The quantitative estimate of drug-likeness (QED) is 0.247. The highest BCUT2D eigenvalue weighted by Crippen LogP contribution is 2.35. The Balaban J connectivity index is 1.15. The summed E-state index contributed by atoms with van der Waals surface area (Å²) in [5.74, 6) is 0.363. The molecule has 1 saturated heterocycles. The number of hydrogen-bond acceptors (Lipinski definition) is 12. The second-order valence-corrected chi connectivity index (χ2v) is 11.5. The van der Waals surface area contributed by atoms with Crippen LogP contribution in [0.4, 0.5) is 24.8 Å². The van der Waals surface area contributed by atoms with Crippen molar-refractivity contribution in [3.63, 3.8) is 0 Å². The topological polar surface area (TPSA) is 154 Å². The van der Waals surface area contributed by atoms with Gasteiger partial charge in [0.1, 0.15) is 29.9 Å². The predicted molar refractivity (Wildman–Crippen MR) is 161 cm³/mol. The van der Waals surface area contributed by atoms with Crippen LogP contribution < -0.4 is 14.8 Å². The number of tetrazole rings is 1. The van der Waals surface area contributed by atoms with Crippen molar-refractivity contribution < 1.29 is 27.4 Å². The molecule has 0 spiro atoms. The summed E-state index contributed by atoms with van der Waals surface area (Å²) in [5, 5.41) is 28.0. The largest absolute Gasteiger partial charge is 0.487 e. The fourth-order valence-corrected chi connectivity index (χ4v) is 5.87. The van der Waals surface area contributed by atoms with Crippen molar-refractivity contribution in [1.29, 1.82) is 5.26 Å². The lowest BCUT2D eigenvalue weighted by Gasteiger charge is -2.38. The second-order valence-electron chi connectivity index (χ2n) is 11.5. The Bertz CT molecular complexity index is 1640. The number of anilines is 2. The van der Waals surface area contributed by atoms with E-state index in [0.717, 1.165) is 52.0 Å². The summed E-state index contributed by atoms with van der Waals surface area (Å²) in [6.45, 7) is 4.06. The smallest absolute Gasteiger partial charge is 0.422 e. The first-order valence-electron chi connectivity index (χ1n) is 15.4. The summed E-state index contributed by atoms with van der Waals surface area (Å²) in [7, 11) is 0. The molecule has 6 rings (SSSR count). The van der Waals surface area contributed by atoms with E-state index in [-0.39, 0.29) is 29.7 Å². The van der Waals surface area contributed by atoms with Gasteiger partial charge >= 0.3 is 6.18 Å². The van der Waals surface area contributed by atoms with Crippen molar-refractivity contribution >= 4 is 11.6 Å². The number of nitrogens with one attached hydrogen (secondary N) is 1. The number of nitrogens with zero attached hydrogens (tertiary/aromatic N) is 10. The van der Waals surface area contributed by atoms with Crippen LogP contribution in [-0.2, 0) is 11.3 Å². The molecule has 1 aliphatic heterocycles. The van der Waals surface area contributed by atoms with Gasteiger partial charge in [-0.15, -0.1) is 10.2 Å². The molecule has 1 saturated carbocycles. The summed E-state index contributed by atoms with van der Waals surface area (Å²) in [6.07, 6.45) is 5.04. The Morgan fingerprint density at radius 2 is 1.83 bits per heavy atom. The maximum Gasteiger partial charge on any atom is 0.422 e. The zero-order chi connectivity index (χ0) is 32.8. The Morgan fingerprint density at radius 1 is 1.09 bits per heavy atom. The molecule has 1 atom stereocenters. The molecular formula is C30H34F3N11O3. The Hall–Kier alpha value is -4.82. The molecule has 17 heteroatoms. The average molecular weight is 654 g/mol. The van der Waals surface area contributed by atoms with Gasteiger partial charge in [0.15, 0.2) is 6.61 Å². The summed E-state index contributed by atoms with van der Waals surface area (Å²) >= 11 is 0. The van der Waals surface area contributed by atoms with Crippen molar-refractivity contribution in [2.24, 2.45) is 0 Å². The number of morpholine rings is 1. The van der Waals surface area contributed by atoms with E-state index in [1.807, 2.05) is 6.92 Å². The minimum Gasteiger partial charge on any atom is -0.487 e. The van der Waals surface area contributed by atoms with E-state index in [1.54, 1.807) is 41.5 Å². The van der Waals surface area contributed by atoms with Crippen LogP contribution in [0.15, 0.2) is 43.1 Å². The number of ether oxygens (including phenoxy) is 3. The number of alkyl halides is 3. The van der Waals surface area contributed by atoms with E-state index in [2.05, 4.69) is 46.9 Å². The molecule has 0 bridgehead atoms. The number of nitriles is 1. The van der Waals surface area contributed by atoms with Gasteiger partial charge in [-0.2, -0.15) is 18.4 Å². The van der Waals surface area contributed by atoms with Gasteiger partial charge in [-0.3, -0.25) is 9.58 Å². The Labute approximate surface area is 268 Å². The monoisotopic (exact) mass is 653 g/mol.